The highest BCUT2D eigenvalue weighted by Gasteiger charge is 2.27. The molecule has 2 amide bonds. The fraction of sp³-hybridized carbons (Fsp3) is 0.188. The third-order valence-electron chi connectivity index (χ3n) is 7.49. The first-order valence-corrected chi connectivity index (χ1v) is 13.6. The van der Waals surface area contributed by atoms with Crippen molar-refractivity contribution in [2.24, 2.45) is 5.73 Å². The molecule has 2 aromatic carbocycles. The van der Waals surface area contributed by atoms with Gasteiger partial charge in [0.15, 0.2) is 0 Å². The molecule has 42 heavy (non-hydrogen) atoms. The number of pyridine rings is 2. The predicted octanol–water partition coefficient (Wildman–Crippen LogP) is 4.82. The minimum Gasteiger partial charge on any atom is -0.366 e. The number of fused-ring (bicyclic) bond motifs is 1. The van der Waals surface area contributed by atoms with E-state index in [1.54, 1.807) is 48.8 Å². The summed E-state index contributed by atoms with van der Waals surface area (Å²) in [6, 6.07) is 14.4. The van der Waals surface area contributed by atoms with Crippen LogP contribution in [0.1, 0.15) is 57.5 Å². The largest absolute Gasteiger partial charge is 0.366 e. The zero-order chi connectivity index (χ0) is 29.4. The van der Waals surface area contributed by atoms with E-state index in [4.69, 9.17) is 5.73 Å². The number of aromatic nitrogens is 3. The Balaban J connectivity index is 1.34. The van der Waals surface area contributed by atoms with Gasteiger partial charge in [-0.2, -0.15) is 0 Å². The molecule has 212 valence electrons. The highest BCUT2D eigenvalue weighted by Crippen LogP contribution is 2.39. The van der Waals surface area contributed by atoms with Gasteiger partial charge in [0.1, 0.15) is 11.6 Å². The van der Waals surface area contributed by atoms with Crippen LogP contribution in [0.15, 0.2) is 77.9 Å². The Labute approximate surface area is 239 Å². The Hall–Kier alpha value is -5.12. The molecule has 0 radical (unpaired) electrons. The maximum Gasteiger partial charge on any atom is 0.252 e. The zero-order valence-electron chi connectivity index (χ0n) is 22.4. The maximum absolute atomic E-state index is 14.1. The molecule has 0 spiro atoms. The number of amides is 2. The molecule has 3 heterocycles. The fourth-order valence-corrected chi connectivity index (χ4v) is 5.37. The number of primary amides is 1. The van der Waals surface area contributed by atoms with Crippen molar-refractivity contribution in [1.82, 2.24) is 20.3 Å². The van der Waals surface area contributed by atoms with E-state index in [2.05, 4.69) is 20.3 Å². The number of hydrogen-bond acceptors (Lipinski definition) is 4. The van der Waals surface area contributed by atoms with Gasteiger partial charge in [-0.25, -0.2) is 8.78 Å². The summed E-state index contributed by atoms with van der Waals surface area (Å²) in [5.74, 6) is -2.17. The van der Waals surface area contributed by atoms with E-state index >= 15 is 0 Å². The molecule has 1 atom stereocenters. The van der Waals surface area contributed by atoms with E-state index in [1.807, 2.05) is 6.07 Å². The Morgan fingerprint density at radius 3 is 2.57 bits per heavy atom. The Morgan fingerprint density at radius 2 is 1.83 bits per heavy atom. The lowest BCUT2D eigenvalue weighted by atomic mass is 9.94. The number of carbonyl (C=O) groups is 2. The van der Waals surface area contributed by atoms with Crippen molar-refractivity contribution in [3.8, 4) is 11.1 Å². The van der Waals surface area contributed by atoms with Crippen molar-refractivity contribution in [2.45, 2.75) is 37.6 Å². The monoisotopic (exact) mass is 567 g/mol. The minimum absolute atomic E-state index is 0.0371. The summed E-state index contributed by atoms with van der Waals surface area (Å²) in [5.41, 5.74) is 10.3. The van der Waals surface area contributed by atoms with E-state index in [0.29, 0.717) is 39.0 Å². The first-order chi connectivity index (χ1) is 20.2. The molecule has 0 saturated heterocycles. The standard InChI is InChI=1S/C32H27F2N5O3/c33-22-9-17(10-23(34)14-22)11-27(30-24(5-2-8-36-30)19-3-1-4-20(12-19)31(35)41)38-28(40)13-21-16-37-26-15-25(18-6-7-18)32(42)39-29(21)26/h1-5,8-10,12,14-16,18,27,37H,6-7,11,13H2,(H2,35,41)(H,38,40)(H,39,42). The van der Waals surface area contributed by atoms with E-state index in [-0.39, 0.29) is 30.2 Å². The van der Waals surface area contributed by atoms with Crippen molar-refractivity contribution in [3.63, 3.8) is 0 Å². The Kier molecular flexibility index (Phi) is 7.12. The molecule has 10 heteroatoms. The fourth-order valence-electron chi connectivity index (χ4n) is 5.37. The molecule has 1 fully saturated rings. The van der Waals surface area contributed by atoms with Crippen LogP contribution in [0, 0.1) is 11.6 Å². The summed E-state index contributed by atoms with van der Waals surface area (Å²) in [4.78, 5) is 48.5. The summed E-state index contributed by atoms with van der Waals surface area (Å²) < 4.78 is 28.2. The van der Waals surface area contributed by atoms with Crippen LogP contribution in [-0.2, 0) is 17.6 Å². The van der Waals surface area contributed by atoms with E-state index in [9.17, 15) is 23.2 Å². The number of nitrogens with zero attached hydrogens (tertiary/aromatic N) is 1. The first kappa shape index (κ1) is 27.1. The lowest BCUT2D eigenvalue weighted by molar-refractivity contribution is -0.121. The number of aromatic amines is 2. The minimum atomic E-state index is -0.794. The number of nitrogens with two attached hydrogens (primary N) is 1. The summed E-state index contributed by atoms with van der Waals surface area (Å²) in [5, 5.41) is 2.98. The molecule has 8 nitrogen and oxygen atoms in total. The van der Waals surface area contributed by atoms with Gasteiger partial charge in [-0.1, -0.05) is 18.2 Å². The van der Waals surface area contributed by atoms with Gasteiger partial charge in [0, 0.05) is 40.7 Å². The number of halogens is 2. The van der Waals surface area contributed by atoms with E-state index < -0.39 is 23.6 Å². The molecule has 1 saturated carbocycles. The molecule has 6 rings (SSSR count). The third-order valence-corrected chi connectivity index (χ3v) is 7.49. The average molecular weight is 568 g/mol. The second kappa shape index (κ2) is 11.0. The molecule has 3 aromatic heterocycles. The number of benzene rings is 2. The van der Waals surface area contributed by atoms with Gasteiger partial charge in [-0.05, 0) is 72.7 Å². The van der Waals surface area contributed by atoms with Gasteiger partial charge >= 0.3 is 0 Å². The van der Waals surface area contributed by atoms with Gasteiger partial charge < -0.3 is 21.0 Å². The highest BCUT2D eigenvalue weighted by molar-refractivity contribution is 5.94. The molecule has 1 aliphatic carbocycles. The molecule has 5 N–H and O–H groups in total. The van der Waals surface area contributed by atoms with Crippen molar-refractivity contribution in [1.29, 1.82) is 0 Å². The van der Waals surface area contributed by atoms with Crippen molar-refractivity contribution in [3.05, 3.63) is 123 Å². The Morgan fingerprint density at radius 1 is 1.05 bits per heavy atom. The number of nitrogens with one attached hydrogen (secondary N) is 3. The summed E-state index contributed by atoms with van der Waals surface area (Å²) >= 11 is 0. The van der Waals surface area contributed by atoms with Crippen LogP contribution >= 0.6 is 0 Å². The van der Waals surface area contributed by atoms with E-state index in [1.165, 1.54) is 12.1 Å². The van der Waals surface area contributed by atoms with Gasteiger partial charge in [-0.15, -0.1) is 0 Å². The molecule has 0 aliphatic heterocycles. The SMILES string of the molecule is NC(=O)c1cccc(-c2cccnc2C(Cc2cc(F)cc(F)c2)NC(=O)Cc2c[nH]c3cc(C4CC4)c(=O)[nH]c23)c1. The summed E-state index contributed by atoms with van der Waals surface area (Å²) in [7, 11) is 0. The van der Waals surface area contributed by atoms with Crippen LogP contribution in [-0.4, -0.2) is 26.8 Å². The third kappa shape index (κ3) is 5.69. The second-order valence-corrected chi connectivity index (χ2v) is 10.6. The predicted molar refractivity (Wildman–Crippen MR) is 154 cm³/mol. The smallest absolute Gasteiger partial charge is 0.252 e. The van der Waals surface area contributed by atoms with E-state index in [0.717, 1.165) is 30.0 Å². The second-order valence-electron chi connectivity index (χ2n) is 10.6. The van der Waals surface area contributed by atoms with Gasteiger partial charge in [0.05, 0.1) is 29.2 Å². The average Bonchev–Trinajstić information content (AvgIpc) is 3.74. The molecule has 0 bridgehead atoms. The van der Waals surface area contributed by atoms with Crippen LogP contribution in [0.2, 0.25) is 0 Å². The number of hydrogen-bond donors (Lipinski definition) is 4. The summed E-state index contributed by atoms with van der Waals surface area (Å²) in [6.45, 7) is 0. The lowest BCUT2D eigenvalue weighted by Crippen LogP contribution is -2.32. The highest BCUT2D eigenvalue weighted by atomic mass is 19.1. The van der Waals surface area contributed by atoms with Crippen LogP contribution < -0.4 is 16.6 Å². The van der Waals surface area contributed by atoms with Gasteiger partial charge in [-0.3, -0.25) is 19.4 Å². The molecular weight excluding hydrogens is 540 g/mol. The molecule has 1 unspecified atom stereocenters. The van der Waals surface area contributed by atoms with Crippen LogP contribution in [0.25, 0.3) is 22.2 Å². The first-order valence-electron chi connectivity index (χ1n) is 13.6. The number of rotatable bonds is 9. The van der Waals surface area contributed by atoms with Crippen molar-refractivity contribution in [2.75, 3.05) is 0 Å². The summed E-state index contributed by atoms with van der Waals surface area (Å²) in [6.07, 6.45) is 5.20. The topological polar surface area (TPSA) is 134 Å². The quantitative estimate of drug-likeness (QED) is 0.203. The normalized spacial score (nSPS) is 13.7. The van der Waals surface area contributed by atoms with Gasteiger partial charge in [0.25, 0.3) is 5.56 Å². The molecular formula is C32H27F2N5O3. The molecule has 1 aliphatic rings. The number of H-pyrrole nitrogens is 2. The lowest BCUT2D eigenvalue weighted by Gasteiger charge is -2.22. The van der Waals surface area contributed by atoms with Crippen LogP contribution in [0.4, 0.5) is 8.78 Å². The zero-order valence-corrected chi connectivity index (χ0v) is 22.4. The molecule has 5 aromatic rings. The van der Waals surface area contributed by atoms with Crippen molar-refractivity contribution < 1.29 is 18.4 Å². The maximum atomic E-state index is 14.1. The van der Waals surface area contributed by atoms with Gasteiger partial charge in [0.2, 0.25) is 11.8 Å². The van der Waals surface area contributed by atoms with Crippen molar-refractivity contribution >= 4 is 22.8 Å². The Bertz CT molecular complexity index is 1870. The van der Waals surface area contributed by atoms with Crippen LogP contribution in [0.3, 0.4) is 0 Å². The number of carbonyl (C=O) groups excluding carboxylic acids is 2. The van der Waals surface area contributed by atoms with Crippen LogP contribution in [0.5, 0.6) is 0 Å².